The van der Waals surface area contributed by atoms with E-state index in [1.54, 1.807) is 12.1 Å². The van der Waals surface area contributed by atoms with Gasteiger partial charge < -0.3 is 9.84 Å². The van der Waals surface area contributed by atoms with Crippen molar-refractivity contribution in [3.05, 3.63) is 82.9 Å². The summed E-state index contributed by atoms with van der Waals surface area (Å²) in [4.78, 5) is 0. The molecule has 0 amide bonds. The van der Waals surface area contributed by atoms with E-state index in [4.69, 9.17) is 4.74 Å². The first kappa shape index (κ1) is 20.3. The Morgan fingerprint density at radius 2 is 1.73 bits per heavy atom. The van der Waals surface area contributed by atoms with E-state index < -0.39 is 12.2 Å². The number of aliphatic hydroxyl groups excluding tert-OH is 1. The summed E-state index contributed by atoms with van der Waals surface area (Å²) in [5.74, 6) is -3.45. The molecule has 2 aromatic carbocycles. The van der Waals surface area contributed by atoms with Crippen molar-refractivity contribution in [3.8, 4) is 0 Å². The topological polar surface area (TPSA) is 29.5 Å². The zero-order valence-electron chi connectivity index (χ0n) is 15.3. The zero-order valence-corrected chi connectivity index (χ0v) is 15.3. The molecule has 140 valence electrons. The highest BCUT2D eigenvalue weighted by Crippen LogP contribution is 2.32. The number of hydrogen-bond acceptors (Lipinski definition) is 2. The maximum Gasteiger partial charge on any atom is 0.322 e. The molecular weight excluding hydrogens is 334 g/mol. The van der Waals surface area contributed by atoms with Crippen molar-refractivity contribution < 1.29 is 18.6 Å². The predicted molar refractivity (Wildman–Crippen MR) is 100 cm³/mol. The number of rotatable bonds is 9. The lowest BCUT2D eigenvalue weighted by molar-refractivity contribution is -0.239. The monoisotopic (exact) mass is 360 g/mol. The van der Waals surface area contributed by atoms with Crippen LogP contribution in [0.1, 0.15) is 37.0 Å². The zero-order chi connectivity index (χ0) is 19.0. The average Bonchev–Trinajstić information content (AvgIpc) is 2.63. The molecule has 2 aromatic rings. The van der Waals surface area contributed by atoms with Gasteiger partial charge >= 0.3 is 5.92 Å². The van der Waals surface area contributed by atoms with Crippen molar-refractivity contribution in [2.45, 2.75) is 45.3 Å². The second-order valence-electron chi connectivity index (χ2n) is 6.41. The Hall–Kier alpha value is -2.04. The van der Waals surface area contributed by atoms with Crippen LogP contribution in [0.25, 0.3) is 0 Å². The van der Waals surface area contributed by atoms with Crippen molar-refractivity contribution in [1.29, 1.82) is 0 Å². The summed E-state index contributed by atoms with van der Waals surface area (Å²) in [6.07, 6.45) is 2.10. The third-order valence-corrected chi connectivity index (χ3v) is 4.19. The van der Waals surface area contributed by atoms with Gasteiger partial charge in [-0.15, -0.1) is 0 Å². The van der Waals surface area contributed by atoms with Gasteiger partial charge in [-0.05, 0) is 37.3 Å². The fourth-order valence-corrected chi connectivity index (χ4v) is 2.77. The highest BCUT2D eigenvalue weighted by atomic mass is 19.3. The Balaban J connectivity index is 1.93. The predicted octanol–water partition coefficient (Wildman–Crippen LogP) is 5.25. The van der Waals surface area contributed by atoms with E-state index in [1.165, 1.54) is 17.7 Å². The van der Waals surface area contributed by atoms with Gasteiger partial charge in [0, 0.05) is 5.56 Å². The van der Waals surface area contributed by atoms with Crippen LogP contribution >= 0.6 is 0 Å². The molecule has 0 saturated heterocycles. The Kier molecular flexibility index (Phi) is 7.49. The van der Waals surface area contributed by atoms with Crippen LogP contribution in [0.15, 0.2) is 66.2 Å². The van der Waals surface area contributed by atoms with Gasteiger partial charge in [0.2, 0.25) is 6.29 Å². The summed E-state index contributed by atoms with van der Waals surface area (Å²) in [7, 11) is 0. The molecule has 0 heterocycles. The van der Waals surface area contributed by atoms with Crippen LogP contribution in [0.2, 0.25) is 0 Å². The second-order valence-corrected chi connectivity index (χ2v) is 6.41. The molecule has 1 atom stereocenters. The van der Waals surface area contributed by atoms with Gasteiger partial charge in [0.05, 0.1) is 6.61 Å². The molecule has 0 fully saturated rings. The molecular formula is C22H26F2O2. The largest absolute Gasteiger partial charge is 0.363 e. The maximum absolute atomic E-state index is 14.4. The van der Waals surface area contributed by atoms with Crippen molar-refractivity contribution in [2.24, 2.45) is 0 Å². The second kappa shape index (κ2) is 9.60. The molecule has 2 nitrogen and oxygen atoms in total. The van der Waals surface area contributed by atoms with Crippen LogP contribution < -0.4 is 0 Å². The normalized spacial score (nSPS) is 13.7. The summed E-state index contributed by atoms with van der Waals surface area (Å²) in [6.45, 7) is 4.11. The maximum atomic E-state index is 14.4. The first-order valence-corrected chi connectivity index (χ1v) is 8.90. The Labute approximate surface area is 154 Å². The lowest BCUT2D eigenvalue weighted by Gasteiger charge is -2.23. The molecule has 0 radical (unpaired) electrons. The van der Waals surface area contributed by atoms with E-state index in [9.17, 15) is 13.9 Å². The smallest absolute Gasteiger partial charge is 0.322 e. The van der Waals surface area contributed by atoms with Crippen molar-refractivity contribution in [1.82, 2.24) is 0 Å². The van der Waals surface area contributed by atoms with Gasteiger partial charge in [-0.3, -0.25) is 0 Å². The van der Waals surface area contributed by atoms with Gasteiger partial charge in [-0.25, -0.2) is 0 Å². The van der Waals surface area contributed by atoms with E-state index in [1.807, 2.05) is 37.3 Å². The number of ether oxygens (including phenoxy) is 1. The van der Waals surface area contributed by atoms with Gasteiger partial charge in [-0.1, -0.05) is 73.2 Å². The molecule has 0 aliphatic rings. The average molecular weight is 360 g/mol. The highest BCUT2D eigenvalue weighted by Gasteiger charge is 2.41. The third kappa shape index (κ3) is 5.75. The molecule has 0 spiro atoms. The van der Waals surface area contributed by atoms with Crippen LogP contribution in [0.5, 0.6) is 0 Å². The van der Waals surface area contributed by atoms with Gasteiger partial charge in [0.25, 0.3) is 0 Å². The van der Waals surface area contributed by atoms with Gasteiger partial charge in [0.1, 0.15) is 0 Å². The van der Waals surface area contributed by atoms with Crippen molar-refractivity contribution in [3.63, 3.8) is 0 Å². The summed E-state index contributed by atoms with van der Waals surface area (Å²) in [5, 5.41) is 9.81. The molecule has 1 unspecified atom stereocenters. The molecule has 4 heteroatoms. The number of hydrogen-bond donors (Lipinski definition) is 1. The summed E-state index contributed by atoms with van der Waals surface area (Å²) in [6, 6.07) is 15.5. The van der Waals surface area contributed by atoms with Crippen molar-refractivity contribution in [2.75, 3.05) is 6.61 Å². The molecule has 0 bridgehead atoms. The fraction of sp³-hybridized carbons (Fsp3) is 0.364. The first-order chi connectivity index (χ1) is 12.4. The molecule has 0 aromatic heterocycles. The minimum atomic E-state index is -3.45. The van der Waals surface area contributed by atoms with E-state index >= 15 is 0 Å². The SMILES string of the molecule is CC/C=C(\C)Cc1ccc(C(F)(F)C(O)OCCc2ccccc2)cc1. The molecule has 1 N–H and O–H groups in total. The van der Waals surface area contributed by atoms with Gasteiger partial charge in [0.15, 0.2) is 0 Å². The lowest BCUT2D eigenvalue weighted by atomic mass is 10.0. The van der Waals surface area contributed by atoms with E-state index in [0.29, 0.717) is 6.42 Å². The molecule has 26 heavy (non-hydrogen) atoms. The first-order valence-electron chi connectivity index (χ1n) is 8.90. The van der Waals surface area contributed by atoms with Crippen LogP contribution in [0.3, 0.4) is 0 Å². The van der Waals surface area contributed by atoms with E-state index in [0.717, 1.165) is 24.0 Å². The summed E-state index contributed by atoms with van der Waals surface area (Å²) in [5.41, 5.74) is 2.90. The van der Waals surface area contributed by atoms with Crippen LogP contribution in [0.4, 0.5) is 8.78 Å². The van der Waals surface area contributed by atoms with Crippen LogP contribution in [0, 0.1) is 0 Å². The minimum absolute atomic E-state index is 0.0276. The van der Waals surface area contributed by atoms with E-state index in [2.05, 4.69) is 13.0 Å². The third-order valence-electron chi connectivity index (χ3n) is 4.19. The molecule has 2 rings (SSSR count). The highest BCUT2D eigenvalue weighted by molar-refractivity contribution is 5.29. The Bertz CT molecular complexity index is 694. The van der Waals surface area contributed by atoms with Gasteiger partial charge in [-0.2, -0.15) is 8.78 Å². The van der Waals surface area contributed by atoms with Crippen molar-refractivity contribution >= 4 is 0 Å². The summed E-state index contributed by atoms with van der Waals surface area (Å²) >= 11 is 0. The van der Waals surface area contributed by atoms with Crippen LogP contribution in [-0.2, 0) is 23.5 Å². The number of aliphatic hydroxyl groups is 1. The number of allylic oxidation sites excluding steroid dienone is 2. The lowest BCUT2D eigenvalue weighted by Crippen LogP contribution is -2.34. The Morgan fingerprint density at radius 3 is 2.35 bits per heavy atom. The molecule has 0 saturated carbocycles. The van der Waals surface area contributed by atoms with E-state index in [-0.39, 0.29) is 12.2 Å². The fourth-order valence-electron chi connectivity index (χ4n) is 2.77. The number of benzene rings is 2. The summed E-state index contributed by atoms with van der Waals surface area (Å²) < 4.78 is 33.8. The van der Waals surface area contributed by atoms with Crippen LogP contribution in [-0.4, -0.2) is 18.0 Å². The molecule has 0 aliphatic carbocycles. The Morgan fingerprint density at radius 1 is 1.08 bits per heavy atom. The quantitative estimate of drug-likeness (QED) is 0.488. The number of halogens is 2. The number of alkyl halides is 2. The molecule has 0 aliphatic heterocycles. The standard InChI is InChI=1S/C22H26F2O2/c1-3-7-17(2)16-19-10-12-20(13-11-19)22(23,24)21(25)26-15-14-18-8-5-4-6-9-18/h4-13,21,25H,3,14-16H2,1-2H3/b17-7+. The minimum Gasteiger partial charge on any atom is -0.363 e.